The highest BCUT2D eigenvalue weighted by Crippen LogP contribution is 2.14. The standard InChI is InChI=1S/C8H8O4S.C4H9NO/c1-13(11,12)7-5-3-2-4-6(7)8(9)10;1-4(6)5(2)3/h2-5H,1H3,(H,9,10);1-3H3. The summed E-state index contributed by atoms with van der Waals surface area (Å²) in [5, 5.41) is 8.66. The summed E-state index contributed by atoms with van der Waals surface area (Å²) in [6, 6.07) is 5.51. The largest absolute Gasteiger partial charge is 0.478 e. The average molecular weight is 287 g/mol. The van der Waals surface area contributed by atoms with Crippen LogP contribution in [0.15, 0.2) is 29.2 Å². The van der Waals surface area contributed by atoms with E-state index in [0.29, 0.717) is 0 Å². The lowest BCUT2D eigenvalue weighted by Gasteiger charge is -2.02. The van der Waals surface area contributed by atoms with Crippen molar-refractivity contribution in [2.75, 3.05) is 20.4 Å². The van der Waals surface area contributed by atoms with Gasteiger partial charge in [-0.05, 0) is 12.1 Å². The van der Waals surface area contributed by atoms with E-state index in [2.05, 4.69) is 0 Å². The van der Waals surface area contributed by atoms with Gasteiger partial charge in [0.15, 0.2) is 9.84 Å². The molecule has 0 bridgehead atoms. The van der Waals surface area contributed by atoms with Crippen molar-refractivity contribution in [2.24, 2.45) is 0 Å². The third-order valence-electron chi connectivity index (χ3n) is 2.15. The molecule has 0 aliphatic carbocycles. The Morgan fingerprint density at radius 2 is 1.58 bits per heavy atom. The second-order valence-electron chi connectivity index (χ2n) is 3.99. The van der Waals surface area contributed by atoms with Gasteiger partial charge in [0, 0.05) is 27.3 Å². The molecule has 7 heteroatoms. The Bertz CT molecular complexity index is 563. The quantitative estimate of drug-likeness (QED) is 0.872. The minimum Gasteiger partial charge on any atom is -0.478 e. The third kappa shape index (κ3) is 6.01. The first-order valence-corrected chi connectivity index (χ1v) is 7.16. The van der Waals surface area contributed by atoms with E-state index in [1.807, 2.05) is 0 Å². The van der Waals surface area contributed by atoms with Crippen LogP contribution in [0.3, 0.4) is 0 Å². The summed E-state index contributed by atoms with van der Waals surface area (Å²) in [6.45, 7) is 1.53. The molecule has 1 aromatic carbocycles. The van der Waals surface area contributed by atoms with E-state index < -0.39 is 15.8 Å². The monoisotopic (exact) mass is 287 g/mol. The molecule has 0 unspecified atom stereocenters. The normalized spacial score (nSPS) is 10.1. The predicted octanol–water partition coefficient (Wildman–Crippen LogP) is 0.883. The van der Waals surface area contributed by atoms with Crippen molar-refractivity contribution >= 4 is 21.7 Å². The minimum absolute atomic E-state index is 0.0926. The number of aromatic carboxylic acids is 1. The molecule has 0 spiro atoms. The van der Waals surface area contributed by atoms with Crippen LogP contribution >= 0.6 is 0 Å². The Balaban J connectivity index is 0.000000459. The van der Waals surface area contributed by atoms with E-state index in [9.17, 15) is 18.0 Å². The number of carbonyl (C=O) groups is 2. The molecule has 0 heterocycles. The second kappa shape index (κ2) is 6.89. The van der Waals surface area contributed by atoms with Gasteiger partial charge in [0.05, 0.1) is 10.5 Å². The molecule has 0 aromatic heterocycles. The first-order valence-electron chi connectivity index (χ1n) is 5.27. The summed E-state index contributed by atoms with van der Waals surface area (Å²) in [5.74, 6) is -1.14. The van der Waals surface area contributed by atoms with Gasteiger partial charge < -0.3 is 10.0 Å². The zero-order valence-corrected chi connectivity index (χ0v) is 12.1. The maximum absolute atomic E-state index is 11.1. The van der Waals surface area contributed by atoms with Crippen LogP contribution < -0.4 is 0 Å². The van der Waals surface area contributed by atoms with Crippen LogP contribution in [0.25, 0.3) is 0 Å². The van der Waals surface area contributed by atoms with Crippen molar-refractivity contribution < 1.29 is 23.1 Å². The molecule has 1 rings (SSSR count). The minimum atomic E-state index is -3.46. The molecular weight excluding hydrogens is 270 g/mol. The predicted molar refractivity (Wildman–Crippen MR) is 70.9 cm³/mol. The number of hydrogen-bond acceptors (Lipinski definition) is 4. The molecule has 19 heavy (non-hydrogen) atoms. The van der Waals surface area contributed by atoms with Crippen molar-refractivity contribution in [3.8, 4) is 0 Å². The van der Waals surface area contributed by atoms with Gasteiger partial charge in [-0.3, -0.25) is 4.79 Å². The van der Waals surface area contributed by atoms with Crippen molar-refractivity contribution in [3.05, 3.63) is 29.8 Å². The molecule has 0 aliphatic heterocycles. The summed E-state index contributed by atoms with van der Waals surface area (Å²) in [4.78, 5) is 22.1. The number of amides is 1. The zero-order valence-electron chi connectivity index (χ0n) is 11.2. The Morgan fingerprint density at radius 3 is 1.84 bits per heavy atom. The van der Waals surface area contributed by atoms with Crippen LogP contribution in [0.4, 0.5) is 0 Å². The van der Waals surface area contributed by atoms with E-state index in [4.69, 9.17) is 5.11 Å². The molecule has 1 aromatic rings. The van der Waals surface area contributed by atoms with Gasteiger partial charge >= 0.3 is 5.97 Å². The molecule has 0 fully saturated rings. The Kier molecular flexibility index (Phi) is 6.20. The fourth-order valence-electron chi connectivity index (χ4n) is 0.967. The van der Waals surface area contributed by atoms with E-state index in [0.717, 1.165) is 6.26 Å². The smallest absolute Gasteiger partial charge is 0.337 e. The molecule has 0 aliphatic rings. The van der Waals surface area contributed by atoms with E-state index in [1.165, 1.54) is 36.1 Å². The van der Waals surface area contributed by atoms with Crippen LogP contribution in [0.1, 0.15) is 17.3 Å². The highest BCUT2D eigenvalue weighted by Gasteiger charge is 2.16. The molecule has 1 N–H and O–H groups in total. The number of rotatable bonds is 2. The van der Waals surface area contributed by atoms with Gasteiger partial charge in [-0.2, -0.15) is 0 Å². The van der Waals surface area contributed by atoms with Gasteiger partial charge in [-0.25, -0.2) is 13.2 Å². The maximum Gasteiger partial charge on any atom is 0.337 e. The van der Waals surface area contributed by atoms with Crippen molar-refractivity contribution in [1.82, 2.24) is 4.90 Å². The molecule has 0 atom stereocenters. The number of carboxylic acids is 1. The first kappa shape index (κ1) is 17.1. The molecule has 6 nitrogen and oxygen atoms in total. The summed E-state index contributed by atoms with van der Waals surface area (Å²) < 4.78 is 22.2. The fraction of sp³-hybridized carbons (Fsp3) is 0.333. The van der Waals surface area contributed by atoms with Crippen molar-refractivity contribution in [1.29, 1.82) is 0 Å². The molecule has 0 saturated carbocycles. The van der Waals surface area contributed by atoms with Gasteiger partial charge in [-0.1, -0.05) is 12.1 Å². The van der Waals surface area contributed by atoms with Gasteiger partial charge in [-0.15, -0.1) is 0 Å². The number of nitrogens with zero attached hydrogens (tertiary/aromatic N) is 1. The van der Waals surface area contributed by atoms with Crippen molar-refractivity contribution in [2.45, 2.75) is 11.8 Å². The first-order chi connectivity index (χ1) is 8.57. The Hall–Kier alpha value is -1.89. The number of hydrogen-bond donors (Lipinski definition) is 1. The summed E-state index contributed by atoms with van der Waals surface area (Å²) in [7, 11) is -0.0103. The lowest BCUT2D eigenvalue weighted by molar-refractivity contribution is -0.126. The lowest BCUT2D eigenvalue weighted by atomic mass is 10.2. The molecule has 106 valence electrons. The van der Waals surface area contributed by atoms with Crippen LogP contribution in [0, 0.1) is 0 Å². The number of benzene rings is 1. The van der Waals surface area contributed by atoms with E-state index in [-0.39, 0.29) is 16.4 Å². The molecule has 1 amide bonds. The molecule has 0 radical (unpaired) electrons. The lowest BCUT2D eigenvalue weighted by Crippen LogP contribution is -2.17. The van der Waals surface area contributed by atoms with E-state index in [1.54, 1.807) is 14.1 Å². The van der Waals surface area contributed by atoms with Crippen LogP contribution in [0.5, 0.6) is 0 Å². The fourth-order valence-corrected chi connectivity index (χ4v) is 1.85. The zero-order chi connectivity index (χ0) is 15.2. The van der Waals surface area contributed by atoms with Crippen LogP contribution in [-0.2, 0) is 14.6 Å². The van der Waals surface area contributed by atoms with E-state index >= 15 is 0 Å². The number of sulfone groups is 1. The van der Waals surface area contributed by atoms with Crippen LogP contribution in [-0.4, -0.2) is 50.7 Å². The second-order valence-corrected chi connectivity index (χ2v) is 5.97. The molecular formula is C12H17NO5S. The third-order valence-corrected chi connectivity index (χ3v) is 3.30. The Labute approximate surface area is 112 Å². The van der Waals surface area contributed by atoms with Gasteiger partial charge in [0.2, 0.25) is 5.91 Å². The van der Waals surface area contributed by atoms with Gasteiger partial charge in [0.1, 0.15) is 0 Å². The Morgan fingerprint density at radius 1 is 1.16 bits per heavy atom. The van der Waals surface area contributed by atoms with Crippen LogP contribution in [0.2, 0.25) is 0 Å². The van der Waals surface area contributed by atoms with Crippen molar-refractivity contribution in [3.63, 3.8) is 0 Å². The number of carbonyl (C=O) groups excluding carboxylic acids is 1. The molecule has 0 saturated heterocycles. The number of carboxylic acid groups (broad SMARTS) is 1. The summed E-state index contributed by atoms with van der Waals surface area (Å²) in [6.07, 6.45) is 0.981. The average Bonchev–Trinajstić information content (AvgIpc) is 2.28. The topological polar surface area (TPSA) is 91.8 Å². The SMILES string of the molecule is CC(=O)N(C)C.CS(=O)(=O)c1ccccc1C(=O)O. The summed E-state index contributed by atoms with van der Waals surface area (Å²) >= 11 is 0. The highest BCUT2D eigenvalue weighted by atomic mass is 32.2. The van der Waals surface area contributed by atoms with Gasteiger partial charge in [0.25, 0.3) is 0 Å². The summed E-state index contributed by atoms with van der Waals surface area (Å²) in [5.41, 5.74) is -0.190. The highest BCUT2D eigenvalue weighted by molar-refractivity contribution is 7.90. The maximum atomic E-state index is 11.1.